The zero-order valence-electron chi connectivity index (χ0n) is 18.5. The van der Waals surface area contributed by atoms with Gasteiger partial charge in [0, 0.05) is 37.6 Å². The van der Waals surface area contributed by atoms with E-state index in [1.165, 1.54) is 6.33 Å². The Balaban J connectivity index is 1.36. The Morgan fingerprint density at radius 3 is 2.15 bits per heavy atom. The van der Waals surface area contributed by atoms with E-state index in [9.17, 15) is 14.4 Å². The number of anilines is 2. The monoisotopic (exact) mass is 481 g/mol. The molecule has 0 radical (unpaired) electrons. The number of imidazole rings is 1. The van der Waals surface area contributed by atoms with Gasteiger partial charge < -0.3 is 20.5 Å². The Kier molecular flexibility index (Phi) is 7.21. The van der Waals surface area contributed by atoms with Crippen molar-refractivity contribution >= 4 is 40.7 Å². The molecule has 176 valence electrons. The third-order valence-electron chi connectivity index (χ3n) is 5.36. The smallest absolute Gasteiger partial charge is 0.286 e. The summed E-state index contributed by atoms with van der Waals surface area (Å²) < 4.78 is 0. The zero-order chi connectivity index (χ0) is 24.1. The SMILES string of the molecule is CN1CCN(NC(=O)c2nc[nH]c2C(=O)Nc2ccc(NC(=O)c3ccccc3Cl)cc2)CC1. The molecule has 11 heteroatoms. The fraction of sp³-hybridized carbons (Fsp3) is 0.217. The minimum Gasteiger partial charge on any atom is -0.340 e. The molecule has 0 bridgehead atoms. The molecule has 2 aromatic carbocycles. The Morgan fingerprint density at radius 2 is 1.50 bits per heavy atom. The van der Waals surface area contributed by atoms with Crippen LogP contribution in [0.25, 0.3) is 0 Å². The lowest BCUT2D eigenvalue weighted by Crippen LogP contribution is -2.52. The van der Waals surface area contributed by atoms with Gasteiger partial charge in [-0.15, -0.1) is 0 Å². The molecule has 0 aliphatic carbocycles. The fourth-order valence-electron chi connectivity index (χ4n) is 3.43. The number of nitrogens with zero attached hydrogens (tertiary/aromatic N) is 3. The van der Waals surface area contributed by atoms with Crippen molar-refractivity contribution in [2.24, 2.45) is 0 Å². The summed E-state index contributed by atoms with van der Waals surface area (Å²) in [6.07, 6.45) is 1.31. The van der Waals surface area contributed by atoms with Crippen LogP contribution in [0, 0.1) is 0 Å². The minimum atomic E-state index is -0.506. The number of hydrazine groups is 1. The van der Waals surface area contributed by atoms with Crippen LogP contribution in [0.5, 0.6) is 0 Å². The van der Waals surface area contributed by atoms with Crippen molar-refractivity contribution in [2.75, 3.05) is 43.9 Å². The van der Waals surface area contributed by atoms with E-state index < -0.39 is 11.8 Å². The van der Waals surface area contributed by atoms with E-state index in [1.807, 2.05) is 12.1 Å². The highest BCUT2D eigenvalue weighted by molar-refractivity contribution is 6.34. The standard InChI is InChI=1S/C23H24ClN7O3/c1-30-10-12-31(13-11-30)29-23(34)20-19(25-14-26-20)22(33)28-16-8-6-15(7-9-16)27-21(32)17-4-2-3-5-18(17)24/h2-9,14H,10-13H2,1H3,(H,25,26)(H,27,32)(H,28,33)(H,29,34). The molecule has 0 spiro atoms. The second-order valence-corrected chi connectivity index (χ2v) is 8.23. The number of amides is 3. The number of aromatic amines is 1. The van der Waals surface area contributed by atoms with Crippen LogP contribution < -0.4 is 16.1 Å². The topological polar surface area (TPSA) is 122 Å². The van der Waals surface area contributed by atoms with Crippen molar-refractivity contribution < 1.29 is 14.4 Å². The molecular formula is C23H24ClN7O3. The number of nitrogens with one attached hydrogen (secondary N) is 4. The zero-order valence-corrected chi connectivity index (χ0v) is 19.2. The summed E-state index contributed by atoms with van der Waals surface area (Å²) in [5.74, 6) is -1.29. The number of hydrogen-bond acceptors (Lipinski definition) is 6. The maximum atomic E-state index is 12.8. The molecule has 1 aliphatic rings. The molecule has 1 aromatic heterocycles. The van der Waals surface area contributed by atoms with E-state index in [0.29, 0.717) is 35.1 Å². The van der Waals surface area contributed by atoms with Gasteiger partial charge in [0.1, 0.15) is 5.69 Å². The third kappa shape index (κ3) is 5.60. The van der Waals surface area contributed by atoms with E-state index >= 15 is 0 Å². The van der Waals surface area contributed by atoms with Crippen LogP contribution in [-0.2, 0) is 0 Å². The second-order valence-electron chi connectivity index (χ2n) is 7.82. The van der Waals surface area contributed by atoms with Crippen molar-refractivity contribution in [3.63, 3.8) is 0 Å². The first-order valence-corrected chi connectivity index (χ1v) is 11.0. The summed E-state index contributed by atoms with van der Waals surface area (Å²) in [6.45, 7) is 3.05. The van der Waals surface area contributed by atoms with Gasteiger partial charge in [-0.2, -0.15) is 0 Å². The number of aromatic nitrogens is 2. The predicted molar refractivity (Wildman–Crippen MR) is 129 cm³/mol. The fourth-order valence-corrected chi connectivity index (χ4v) is 3.65. The lowest BCUT2D eigenvalue weighted by atomic mass is 10.2. The van der Waals surface area contributed by atoms with Crippen molar-refractivity contribution in [3.05, 3.63) is 76.8 Å². The first-order valence-electron chi connectivity index (χ1n) is 10.7. The second kappa shape index (κ2) is 10.5. The molecule has 1 aliphatic heterocycles. The van der Waals surface area contributed by atoms with Gasteiger partial charge in [0.2, 0.25) is 0 Å². The maximum Gasteiger partial charge on any atom is 0.286 e. The van der Waals surface area contributed by atoms with Crippen LogP contribution in [0.3, 0.4) is 0 Å². The van der Waals surface area contributed by atoms with Crippen LogP contribution in [0.15, 0.2) is 54.9 Å². The number of halogens is 1. The number of carbonyl (C=O) groups excluding carboxylic acids is 3. The maximum absolute atomic E-state index is 12.8. The normalized spacial score (nSPS) is 14.4. The van der Waals surface area contributed by atoms with E-state index in [-0.39, 0.29) is 17.3 Å². The molecule has 0 atom stereocenters. The molecule has 1 saturated heterocycles. The summed E-state index contributed by atoms with van der Waals surface area (Å²) in [4.78, 5) is 46.7. The molecule has 2 heterocycles. The molecule has 4 rings (SSSR count). The Bertz CT molecular complexity index is 1190. The van der Waals surface area contributed by atoms with E-state index in [0.717, 1.165) is 13.1 Å². The van der Waals surface area contributed by atoms with Crippen molar-refractivity contribution in [1.82, 2.24) is 25.3 Å². The molecular weight excluding hydrogens is 458 g/mol. The average molecular weight is 482 g/mol. The van der Waals surface area contributed by atoms with Crippen LogP contribution in [0.1, 0.15) is 31.3 Å². The van der Waals surface area contributed by atoms with Crippen molar-refractivity contribution in [3.8, 4) is 0 Å². The van der Waals surface area contributed by atoms with Gasteiger partial charge in [-0.3, -0.25) is 19.8 Å². The Morgan fingerprint density at radius 1 is 0.882 bits per heavy atom. The van der Waals surface area contributed by atoms with Gasteiger partial charge in [0.15, 0.2) is 5.69 Å². The van der Waals surface area contributed by atoms with Gasteiger partial charge in [-0.1, -0.05) is 23.7 Å². The van der Waals surface area contributed by atoms with E-state index in [1.54, 1.807) is 48.5 Å². The number of rotatable bonds is 6. The van der Waals surface area contributed by atoms with Crippen LogP contribution in [0.4, 0.5) is 11.4 Å². The molecule has 4 N–H and O–H groups in total. The largest absolute Gasteiger partial charge is 0.340 e. The lowest BCUT2D eigenvalue weighted by Gasteiger charge is -2.32. The lowest BCUT2D eigenvalue weighted by molar-refractivity contribution is 0.0655. The first-order chi connectivity index (χ1) is 16.4. The van der Waals surface area contributed by atoms with E-state index in [2.05, 4.69) is 30.9 Å². The summed E-state index contributed by atoms with van der Waals surface area (Å²) in [5.41, 5.74) is 4.26. The van der Waals surface area contributed by atoms with Gasteiger partial charge in [-0.05, 0) is 43.4 Å². The molecule has 10 nitrogen and oxygen atoms in total. The predicted octanol–water partition coefficient (Wildman–Crippen LogP) is 2.46. The number of piperazine rings is 1. The Labute approximate surface area is 201 Å². The van der Waals surface area contributed by atoms with Gasteiger partial charge >= 0.3 is 0 Å². The molecule has 34 heavy (non-hydrogen) atoms. The highest BCUT2D eigenvalue weighted by Crippen LogP contribution is 2.19. The summed E-state index contributed by atoms with van der Waals surface area (Å²) in [5, 5.41) is 7.66. The number of H-pyrrole nitrogens is 1. The number of carbonyl (C=O) groups is 3. The molecule has 3 aromatic rings. The highest BCUT2D eigenvalue weighted by atomic mass is 35.5. The summed E-state index contributed by atoms with van der Waals surface area (Å²) >= 11 is 6.06. The van der Waals surface area contributed by atoms with Crippen LogP contribution >= 0.6 is 11.6 Å². The Hall–Kier alpha value is -3.73. The highest BCUT2D eigenvalue weighted by Gasteiger charge is 2.23. The van der Waals surface area contributed by atoms with Crippen molar-refractivity contribution in [1.29, 1.82) is 0 Å². The van der Waals surface area contributed by atoms with Crippen LogP contribution in [0.2, 0.25) is 5.02 Å². The van der Waals surface area contributed by atoms with Gasteiger partial charge in [0.25, 0.3) is 17.7 Å². The summed E-state index contributed by atoms with van der Waals surface area (Å²) in [7, 11) is 2.02. The average Bonchev–Trinajstić information content (AvgIpc) is 3.32. The number of likely N-dealkylation sites (N-methyl/N-ethyl adjacent to an activating group) is 1. The number of hydrogen-bond donors (Lipinski definition) is 4. The minimum absolute atomic E-state index is 0.0139. The molecule has 0 unspecified atom stereocenters. The van der Waals surface area contributed by atoms with E-state index in [4.69, 9.17) is 11.6 Å². The molecule has 3 amide bonds. The van der Waals surface area contributed by atoms with Gasteiger partial charge in [-0.25, -0.2) is 9.99 Å². The quantitative estimate of drug-likeness (QED) is 0.429. The first kappa shape index (κ1) is 23.4. The van der Waals surface area contributed by atoms with Crippen molar-refractivity contribution in [2.45, 2.75) is 0 Å². The third-order valence-corrected chi connectivity index (χ3v) is 5.69. The van der Waals surface area contributed by atoms with Gasteiger partial charge in [0.05, 0.1) is 16.9 Å². The number of benzene rings is 2. The summed E-state index contributed by atoms with van der Waals surface area (Å²) in [6, 6.07) is 13.3. The van der Waals surface area contributed by atoms with Crippen LogP contribution in [-0.4, -0.2) is 70.8 Å². The molecule has 0 saturated carbocycles. The molecule has 1 fully saturated rings.